The van der Waals surface area contributed by atoms with E-state index < -0.39 is 0 Å². The highest BCUT2D eigenvalue weighted by molar-refractivity contribution is 9.09. The number of rotatable bonds is 1. The summed E-state index contributed by atoms with van der Waals surface area (Å²) >= 11 is 3.66. The molecule has 0 unspecified atom stereocenters. The second-order valence-electron chi connectivity index (χ2n) is 4.39. The highest BCUT2D eigenvalue weighted by Gasteiger charge is 2.18. The molecule has 0 N–H and O–H groups in total. The Labute approximate surface area is 109 Å². The van der Waals surface area contributed by atoms with Gasteiger partial charge in [-0.15, -0.1) is 0 Å². The number of halogens is 1. The van der Waals surface area contributed by atoms with Crippen LogP contribution in [0.3, 0.4) is 0 Å². The molecule has 1 saturated heterocycles. The average molecular weight is 292 g/mol. The molecule has 3 rings (SSSR count). The molecular formula is C13H14BrN3. The van der Waals surface area contributed by atoms with Crippen molar-refractivity contribution < 1.29 is 0 Å². The molecule has 88 valence electrons. The van der Waals surface area contributed by atoms with Crippen LogP contribution in [-0.4, -0.2) is 27.9 Å². The first-order valence-electron chi connectivity index (χ1n) is 5.94. The van der Waals surface area contributed by atoms with Crippen LogP contribution in [0.2, 0.25) is 0 Å². The third-order valence-corrected chi connectivity index (χ3v) is 4.10. The molecule has 2 aromatic rings. The van der Waals surface area contributed by atoms with E-state index in [1.807, 2.05) is 30.5 Å². The molecule has 1 aromatic carbocycles. The molecule has 0 bridgehead atoms. The van der Waals surface area contributed by atoms with Gasteiger partial charge in [-0.1, -0.05) is 34.1 Å². The molecule has 1 aliphatic rings. The van der Waals surface area contributed by atoms with Gasteiger partial charge in [-0.2, -0.15) is 0 Å². The first kappa shape index (κ1) is 11.0. The van der Waals surface area contributed by atoms with Gasteiger partial charge in [0.2, 0.25) is 5.95 Å². The van der Waals surface area contributed by atoms with E-state index in [2.05, 4.69) is 30.8 Å². The van der Waals surface area contributed by atoms with E-state index in [0.29, 0.717) is 4.83 Å². The van der Waals surface area contributed by atoms with Crippen molar-refractivity contribution in [3.8, 4) is 0 Å². The summed E-state index contributed by atoms with van der Waals surface area (Å²) in [5.74, 6) is 0.864. The summed E-state index contributed by atoms with van der Waals surface area (Å²) < 4.78 is 0. The second kappa shape index (κ2) is 4.61. The Morgan fingerprint density at radius 3 is 2.76 bits per heavy atom. The molecule has 0 atom stereocenters. The summed E-state index contributed by atoms with van der Waals surface area (Å²) in [7, 11) is 0. The number of hydrogen-bond donors (Lipinski definition) is 0. The summed E-state index contributed by atoms with van der Waals surface area (Å²) in [5.41, 5.74) is 1.03. The van der Waals surface area contributed by atoms with Gasteiger partial charge in [-0.3, -0.25) is 0 Å². The summed E-state index contributed by atoms with van der Waals surface area (Å²) in [4.78, 5) is 12.0. The van der Waals surface area contributed by atoms with E-state index in [9.17, 15) is 0 Å². The molecular weight excluding hydrogens is 278 g/mol. The SMILES string of the molecule is BrC1CCN(c2ncc3ccccc3n2)CC1. The van der Waals surface area contributed by atoms with E-state index in [1.54, 1.807) is 0 Å². The van der Waals surface area contributed by atoms with Crippen LogP contribution in [0.1, 0.15) is 12.8 Å². The Hall–Kier alpha value is -1.16. The number of para-hydroxylation sites is 1. The molecule has 1 fully saturated rings. The second-order valence-corrected chi connectivity index (χ2v) is 5.69. The van der Waals surface area contributed by atoms with Gasteiger partial charge in [0.05, 0.1) is 5.52 Å². The number of anilines is 1. The van der Waals surface area contributed by atoms with E-state index in [1.165, 1.54) is 0 Å². The van der Waals surface area contributed by atoms with Gasteiger partial charge < -0.3 is 4.90 Å². The fourth-order valence-corrected chi connectivity index (χ4v) is 2.57. The van der Waals surface area contributed by atoms with Gasteiger partial charge in [0.25, 0.3) is 0 Å². The molecule has 0 amide bonds. The number of nitrogens with zero attached hydrogens (tertiary/aromatic N) is 3. The first-order valence-corrected chi connectivity index (χ1v) is 6.85. The van der Waals surface area contributed by atoms with Crippen molar-refractivity contribution in [3.05, 3.63) is 30.5 Å². The van der Waals surface area contributed by atoms with E-state index in [4.69, 9.17) is 0 Å². The van der Waals surface area contributed by atoms with Crippen molar-refractivity contribution in [1.82, 2.24) is 9.97 Å². The van der Waals surface area contributed by atoms with Crippen molar-refractivity contribution in [3.63, 3.8) is 0 Å². The standard InChI is InChI=1S/C13H14BrN3/c14-11-5-7-17(8-6-11)13-15-9-10-3-1-2-4-12(10)16-13/h1-4,9,11H,5-8H2. The van der Waals surface area contributed by atoms with Crippen molar-refractivity contribution in [2.24, 2.45) is 0 Å². The van der Waals surface area contributed by atoms with Crippen molar-refractivity contribution in [1.29, 1.82) is 0 Å². The Kier molecular flexibility index (Phi) is 2.97. The summed E-state index contributed by atoms with van der Waals surface area (Å²) in [6, 6.07) is 8.12. The van der Waals surface area contributed by atoms with Crippen LogP contribution < -0.4 is 4.90 Å². The minimum absolute atomic E-state index is 0.652. The lowest BCUT2D eigenvalue weighted by atomic mass is 10.1. The maximum Gasteiger partial charge on any atom is 0.225 e. The minimum Gasteiger partial charge on any atom is -0.341 e. The Morgan fingerprint density at radius 1 is 1.18 bits per heavy atom. The van der Waals surface area contributed by atoms with Crippen LogP contribution in [0, 0.1) is 0 Å². The van der Waals surface area contributed by atoms with Gasteiger partial charge in [0, 0.05) is 29.5 Å². The third kappa shape index (κ3) is 2.27. The number of aromatic nitrogens is 2. The Balaban J connectivity index is 1.90. The smallest absolute Gasteiger partial charge is 0.225 e. The van der Waals surface area contributed by atoms with Crippen LogP contribution in [0.15, 0.2) is 30.5 Å². The van der Waals surface area contributed by atoms with Crippen LogP contribution >= 0.6 is 15.9 Å². The summed E-state index contributed by atoms with van der Waals surface area (Å²) in [5, 5.41) is 1.10. The fraction of sp³-hybridized carbons (Fsp3) is 0.385. The molecule has 0 saturated carbocycles. The lowest BCUT2D eigenvalue weighted by Crippen LogP contribution is -2.35. The zero-order chi connectivity index (χ0) is 11.7. The monoisotopic (exact) mass is 291 g/mol. The van der Waals surface area contributed by atoms with Crippen molar-refractivity contribution in [2.45, 2.75) is 17.7 Å². The molecule has 3 nitrogen and oxygen atoms in total. The van der Waals surface area contributed by atoms with Gasteiger partial charge >= 0.3 is 0 Å². The van der Waals surface area contributed by atoms with Crippen LogP contribution in [0.4, 0.5) is 5.95 Å². The number of piperidine rings is 1. The largest absolute Gasteiger partial charge is 0.341 e. The lowest BCUT2D eigenvalue weighted by Gasteiger charge is -2.29. The van der Waals surface area contributed by atoms with E-state index in [0.717, 1.165) is 42.8 Å². The van der Waals surface area contributed by atoms with Gasteiger partial charge in [0.1, 0.15) is 0 Å². The predicted molar refractivity (Wildman–Crippen MR) is 73.7 cm³/mol. The zero-order valence-electron chi connectivity index (χ0n) is 9.51. The zero-order valence-corrected chi connectivity index (χ0v) is 11.1. The molecule has 2 heterocycles. The summed E-state index contributed by atoms with van der Waals surface area (Å²) in [6.07, 6.45) is 4.24. The van der Waals surface area contributed by atoms with Gasteiger partial charge in [-0.25, -0.2) is 9.97 Å². The average Bonchev–Trinajstić information content (AvgIpc) is 2.39. The lowest BCUT2D eigenvalue weighted by molar-refractivity contribution is 0.587. The van der Waals surface area contributed by atoms with Crippen molar-refractivity contribution >= 4 is 32.8 Å². The van der Waals surface area contributed by atoms with Gasteiger partial charge in [0.15, 0.2) is 0 Å². The predicted octanol–water partition coefficient (Wildman–Crippen LogP) is 2.99. The Morgan fingerprint density at radius 2 is 1.94 bits per heavy atom. The minimum atomic E-state index is 0.652. The van der Waals surface area contributed by atoms with Crippen LogP contribution in [0.5, 0.6) is 0 Å². The van der Waals surface area contributed by atoms with Crippen LogP contribution in [-0.2, 0) is 0 Å². The highest BCUT2D eigenvalue weighted by atomic mass is 79.9. The van der Waals surface area contributed by atoms with Crippen LogP contribution in [0.25, 0.3) is 10.9 Å². The topological polar surface area (TPSA) is 29.0 Å². The fourth-order valence-electron chi connectivity index (χ4n) is 2.16. The number of alkyl halides is 1. The molecule has 0 spiro atoms. The Bertz CT molecular complexity index is 521. The van der Waals surface area contributed by atoms with E-state index >= 15 is 0 Å². The highest BCUT2D eigenvalue weighted by Crippen LogP contribution is 2.22. The molecule has 17 heavy (non-hydrogen) atoms. The van der Waals surface area contributed by atoms with Crippen molar-refractivity contribution in [2.75, 3.05) is 18.0 Å². The molecule has 0 aliphatic carbocycles. The maximum absolute atomic E-state index is 4.62. The number of benzene rings is 1. The third-order valence-electron chi connectivity index (χ3n) is 3.18. The van der Waals surface area contributed by atoms with Gasteiger partial charge in [-0.05, 0) is 18.9 Å². The summed E-state index contributed by atoms with van der Waals surface area (Å²) in [6.45, 7) is 2.07. The first-order chi connectivity index (χ1) is 8.33. The number of hydrogen-bond acceptors (Lipinski definition) is 3. The normalized spacial score (nSPS) is 17.6. The molecule has 4 heteroatoms. The quantitative estimate of drug-likeness (QED) is 0.757. The molecule has 1 aliphatic heterocycles. The molecule has 1 aromatic heterocycles. The molecule has 0 radical (unpaired) electrons. The van der Waals surface area contributed by atoms with E-state index in [-0.39, 0.29) is 0 Å². The maximum atomic E-state index is 4.62. The number of fused-ring (bicyclic) bond motifs is 1.